The van der Waals surface area contributed by atoms with Crippen molar-refractivity contribution in [1.29, 1.82) is 0 Å². The molecule has 0 aliphatic heterocycles. The summed E-state index contributed by atoms with van der Waals surface area (Å²) in [6.07, 6.45) is 1.76. The van der Waals surface area contributed by atoms with E-state index in [0.717, 1.165) is 28.1 Å². The van der Waals surface area contributed by atoms with Gasteiger partial charge in [-0.05, 0) is 25.5 Å². The van der Waals surface area contributed by atoms with E-state index >= 15 is 0 Å². The molecule has 0 aliphatic carbocycles. The first-order valence-electron chi connectivity index (χ1n) is 8.00. The molecular weight excluding hydrogens is 316 g/mol. The van der Waals surface area contributed by atoms with Gasteiger partial charge in [-0.1, -0.05) is 30.3 Å². The second-order valence-electron chi connectivity index (χ2n) is 5.83. The van der Waals surface area contributed by atoms with Crippen LogP contribution in [0.2, 0.25) is 0 Å². The first-order chi connectivity index (χ1) is 12.0. The van der Waals surface area contributed by atoms with Crippen molar-refractivity contribution in [1.82, 2.24) is 14.8 Å². The summed E-state index contributed by atoms with van der Waals surface area (Å²) < 4.78 is 7.33. The molecule has 0 bridgehead atoms. The number of nitrogens with two attached hydrogens (primary N) is 1. The van der Waals surface area contributed by atoms with E-state index in [2.05, 4.69) is 10.1 Å². The summed E-state index contributed by atoms with van der Waals surface area (Å²) in [5.41, 5.74) is 9.96. The van der Waals surface area contributed by atoms with Crippen molar-refractivity contribution in [3.05, 3.63) is 65.6 Å². The zero-order valence-electron chi connectivity index (χ0n) is 14.3. The number of ether oxygens (including phenoxy) is 1. The molecule has 0 fully saturated rings. The van der Waals surface area contributed by atoms with Crippen LogP contribution in [0.15, 0.2) is 48.7 Å². The first-order valence-corrected chi connectivity index (χ1v) is 8.00. The molecule has 3 aromatic rings. The van der Waals surface area contributed by atoms with Crippen molar-refractivity contribution >= 4 is 5.91 Å². The fraction of sp³-hybridized carbons (Fsp3) is 0.211. The Morgan fingerprint density at radius 3 is 2.56 bits per heavy atom. The van der Waals surface area contributed by atoms with Crippen LogP contribution in [-0.4, -0.2) is 20.7 Å². The van der Waals surface area contributed by atoms with E-state index in [-0.39, 0.29) is 6.54 Å². The van der Waals surface area contributed by atoms with Gasteiger partial charge < -0.3 is 10.5 Å². The standard InChI is InChI=1S/C19H20N4O2/c1-13-19(14(2)23(22-13)11-17(20)24)16-8-9-18(21-10-16)25-12-15-6-4-3-5-7-15/h3-10H,11-12H2,1-2H3,(H2,20,24). The number of benzene rings is 1. The molecule has 2 N–H and O–H groups in total. The van der Waals surface area contributed by atoms with E-state index in [1.807, 2.05) is 56.3 Å². The third-order valence-corrected chi connectivity index (χ3v) is 3.94. The number of aryl methyl sites for hydroxylation is 1. The molecule has 0 aliphatic rings. The third kappa shape index (κ3) is 3.85. The van der Waals surface area contributed by atoms with Crippen LogP contribution < -0.4 is 10.5 Å². The van der Waals surface area contributed by atoms with E-state index < -0.39 is 5.91 Å². The number of hydrogen-bond donors (Lipinski definition) is 1. The van der Waals surface area contributed by atoms with Crippen molar-refractivity contribution in [2.75, 3.05) is 0 Å². The van der Waals surface area contributed by atoms with Crippen LogP contribution in [0.5, 0.6) is 5.88 Å². The molecule has 0 unspecified atom stereocenters. The molecule has 128 valence electrons. The lowest BCUT2D eigenvalue weighted by Crippen LogP contribution is -2.20. The number of carbonyl (C=O) groups is 1. The normalized spacial score (nSPS) is 10.6. The maximum Gasteiger partial charge on any atom is 0.239 e. The number of aromatic nitrogens is 3. The van der Waals surface area contributed by atoms with Crippen molar-refractivity contribution in [3.63, 3.8) is 0 Å². The largest absolute Gasteiger partial charge is 0.473 e. The lowest BCUT2D eigenvalue weighted by molar-refractivity contribution is -0.118. The van der Waals surface area contributed by atoms with Gasteiger partial charge in [0.05, 0.1) is 5.69 Å². The van der Waals surface area contributed by atoms with Gasteiger partial charge in [-0.3, -0.25) is 9.48 Å². The summed E-state index contributed by atoms with van der Waals surface area (Å²) in [5.74, 6) is 0.146. The highest BCUT2D eigenvalue weighted by Gasteiger charge is 2.15. The Labute approximate surface area is 146 Å². The maximum absolute atomic E-state index is 11.1. The Bertz CT molecular complexity index is 870. The fourth-order valence-corrected chi connectivity index (χ4v) is 2.76. The molecule has 6 nitrogen and oxygen atoms in total. The minimum absolute atomic E-state index is 0.0678. The second-order valence-corrected chi connectivity index (χ2v) is 5.83. The summed E-state index contributed by atoms with van der Waals surface area (Å²) >= 11 is 0. The van der Waals surface area contributed by atoms with E-state index in [4.69, 9.17) is 10.5 Å². The van der Waals surface area contributed by atoms with Gasteiger partial charge in [0.2, 0.25) is 11.8 Å². The minimum Gasteiger partial charge on any atom is -0.473 e. The fourth-order valence-electron chi connectivity index (χ4n) is 2.76. The van der Waals surface area contributed by atoms with Crippen LogP contribution >= 0.6 is 0 Å². The molecule has 0 atom stereocenters. The van der Waals surface area contributed by atoms with Gasteiger partial charge >= 0.3 is 0 Å². The van der Waals surface area contributed by atoms with Gasteiger partial charge in [0.25, 0.3) is 0 Å². The third-order valence-electron chi connectivity index (χ3n) is 3.94. The molecule has 25 heavy (non-hydrogen) atoms. The molecule has 0 spiro atoms. The molecule has 0 radical (unpaired) electrons. The number of rotatable bonds is 6. The molecule has 6 heteroatoms. The van der Waals surface area contributed by atoms with Crippen molar-refractivity contribution < 1.29 is 9.53 Å². The van der Waals surface area contributed by atoms with Gasteiger partial charge in [0, 0.05) is 29.1 Å². The summed E-state index contributed by atoms with van der Waals surface area (Å²) in [5, 5.41) is 4.38. The van der Waals surface area contributed by atoms with Gasteiger partial charge in [0.1, 0.15) is 13.2 Å². The van der Waals surface area contributed by atoms with Crippen molar-refractivity contribution in [3.8, 4) is 17.0 Å². The van der Waals surface area contributed by atoms with Crippen LogP contribution in [0.25, 0.3) is 11.1 Å². The Kier molecular flexibility index (Phi) is 4.79. The van der Waals surface area contributed by atoms with E-state index in [0.29, 0.717) is 12.5 Å². The highest BCUT2D eigenvalue weighted by molar-refractivity contribution is 5.74. The average Bonchev–Trinajstić information content (AvgIpc) is 2.87. The summed E-state index contributed by atoms with van der Waals surface area (Å²) in [6, 6.07) is 13.7. The number of primary amides is 1. The predicted molar refractivity (Wildman–Crippen MR) is 94.9 cm³/mol. The Morgan fingerprint density at radius 2 is 1.92 bits per heavy atom. The Morgan fingerprint density at radius 1 is 1.16 bits per heavy atom. The highest BCUT2D eigenvalue weighted by atomic mass is 16.5. The molecule has 3 rings (SSSR count). The Hall–Kier alpha value is -3.15. The number of amides is 1. The lowest BCUT2D eigenvalue weighted by Gasteiger charge is -2.07. The van der Waals surface area contributed by atoms with Crippen LogP contribution in [0.1, 0.15) is 17.0 Å². The molecular formula is C19H20N4O2. The lowest BCUT2D eigenvalue weighted by atomic mass is 10.1. The second kappa shape index (κ2) is 7.17. The maximum atomic E-state index is 11.1. The molecule has 0 saturated carbocycles. The zero-order chi connectivity index (χ0) is 17.8. The minimum atomic E-state index is -0.417. The number of nitrogens with zero attached hydrogens (tertiary/aromatic N) is 3. The quantitative estimate of drug-likeness (QED) is 0.750. The first kappa shape index (κ1) is 16.7. The molecule has 1 amide bonds. The van der Waals surface area contributed by atoms with Crippen molar-refractivity contribution in [2.45, 2.75) is 27.0 Å². The average molecular weight is 336 g/mol. The van der Waals surface area contributed by atoms with E-state index in [9.17, 15) is 4.79 Å². The predicted octanol–water partition coefficient (Wildman–Crippen LogP) is 2.63. The van der Waals surface area contributed by atoms with Crippen LogP contribution in [0.4, 0.5) is 0 Å². The topological polar surface area (TPSA) is 83.0 Å². The van der Waals surface area contributed by atoms with E-state index in [1.54, 1.807) is 10.9 Å². The van der Waals surface area contributed by atoms with E-state index in [1.165, 1.54) is 0 Å². The summed E-state index contributed by atoms with van der Waals surface area (Å²) in [6.45, 7) is 4.36. The monoisotopic (exact) mass is 336 g/mol. The van der Waals surface area contributed by atoms with Crippen LogP contribution in [0, 0.1) is 13.8 Å². The number of pyridine rings is 1. The zero-order valence-corrected chi connectivity index (χ0v) is 14.3. The summed E-state index contributed by atoms with van der Waals surface area (Å²) in [4.78, 5) is 15.5. The SMILES string of the molecule is Cc1nn(CC(N)=O)c(C)c1-c1ccc(OCc2ccccc2)nc1. The molecule has 1 aromatic carbocycles. The van der Waals surface area contributed by atoms with Crippen LogP contribution in [0.3, 0.4) is 0 Å². The van der Waals surface area contributed by atoms with Gasteiger partial charge in [-0.2, -0.15) is 5.10 Å². The number of hydrogen-bond acceptors (Lipinski definition) is 4. The molecule has 2 aromatic heterocycles. The van der Waals surface area contributed by atoms with Gasteiger partial charge in [-0.15, -0.1) is 0 Å². The number of carbonyl (C=O) groups excluding carboxylic acids is 1. The molecule has 0 saturated heterocycles. The van der Waals surface area contributed by atoms with Crippen molar-refractivity contribution in [2.24, 2.45) is 5.73 Å². The molecule has 2 heterocycles. The highest BCUT2D eigenvalue weighted by Crippen LogP contribution is 2.27. The van der Waals surface area contributed by atoms with Gasteiger partial charge in [-0.25, -0.2) is 4.98 Å². The smallest absolute Gasteiger partial charge is 0.239 e. The Balaban J connectivity index is 1.76. The van der Waals surface area contributed by atoms with Gasteiger partial charge in [0.15, 0.2) is 0 Å². The van der Waals surface area contributed by atoms with Crippen LogP contribution in [-0.2, 0) is 17.9 Å². The summed E-state index contributed by atoms with van der Waals surface area (Å²) in [7, 11) is 0.